The Balaban J connectivity index is 0.000000185. The van der Waals surface area contributed by atoms with Crippen molar-refractivity contribution in [2.45, 2.75) is 64.0 Å². The predicted molar refractivity (Wildman–Crippen MR) is 196 cm³/mol. The highest BCUT2D eigenvalue weighted by Crippen LogP contribution is 2.28. The molecule has 8 nitrogen and oxygen atoms in total. The number of anilines is 2. The van der Waals surface area contributed by atoms with Crippen LogP contribution in [0.3, 0.4) is 0 Å². The number of nitrogens with one attached hydrogen (secondary N) is 3. The third-order valence-electron chi connectivity index (χ3n) is 8.98. The number of aromatic carboxylic acids is 1. The lowest BCUT2D eigenvalue weighted by Crippen LogP contribution is -2.28. The van der Waals surface area contributed by atoms with E-state index in [1.807, 2.05) is 48.5 Å². The number of carbonyl (C=O) groups is 2. The number of aromatic nitrogens is 1. The Kier molecular flexibility index (Phi) is 15.0. The van der Waals surface area contributed by atoms with Crippen molar-refractivity contribution in [3.63, 3.8) is 0 Å². The molecule has 2 aliphatic rings. The van der Waals surface area contributed by atoms with Crippen molar-refractivity contribution < 1.29 is 27.9 Å². The lowest BCUT2D eigenvalue weighted by molar-refractivity contribution is -0.137. The molecule has 51 heavy (non-hydrogen) atoms. The number of halogens is 3. The average molecular weight is 704 g/mol. The van der Waals surface area contributed by atoms with Crippen LogP contribution in [0.5, 0.6) is 0 Å². The van der Waals surface area contributed by atoms with Crippen LogP contribution < -0.4 is 21.7 Å². The number of hydrogen-bond acceptors (Lipinski definition) is 6. The number of carbonyl (C=O) groups excluding carboxylic acids is 1. The molecule has 2 atom stereocenters. The van der Waals surface area contributed by atoms with E-state index in [4.69, 9.17) is 10.8 Å². The highest BCUT2D eigenvalue weighted by Gasteiger charge is 2.30. The van der Waals surface area contributed by atoms with Gasteiger partial charge < -0.3 is 26.8 Å². The number of hydrogen-bond donors (Lipinski definition) is 5. The van der Waals surface area contributed by atoms with Crippen LogP contribution in [0.1, 0.15) is 88.0 Å². The van der Waals surface area contributed by atoms with E-state index in [9.17, 15) is 22.8 Å². The summed E-state index contributed by atoms with van der Waals surface area (Å²) in [5, 5.41) is 18.2. The maximum Gasteiger partial charge on any atom is 0.417 e. The van der Waals surface area contributed by atoms with Gasteiger partial charge in [0.15, 0.2) is 0 Å². The van der Waals surface area contributed by atoms with Crippen LogP contribution in [0.2, 0.25) is 0 Å². The van der Waals surface area contributed by atoms with Crippen molar-refractivity contribution >= 4 is 23.3 Å². The Morgan fingerprint density at radius 3 is 2.08 bits per heavy atom. The van der Waals surface area contributed by atoms with Gasteiger partial charge in [0.1, 0.15) is 5.69 Å². The van der Waals surface area contributed by atoms with Gasteiger partial charge in [0.05, 0.1) is 5.56 Å². The van der Waals surface area contributed by atoms with E-state index in [2.05, 4.69) is 52.1 Å². The van der Waals surface area contributed by atoms with E-state index in [-0.39, 0.29) is 5.91 Å². The van der Waals surface area contributed by atoms with Crippen LogP contribution in [-0.2, 0) is 19.0 Å². The molecular formula is C40H48F3N5O3. The van der Waals surface area contributed by atoms with Gasteiger partial charge in [-0.3, -0.25) is 4.79 Å². The Morgan fingerprint density at radius 2 is 1.53 bits per heavy atom. The van der Waals surface area contributed by atoms with E-state index in [0.29, 0.717) is 23.7 Å². The fourth-order valence-electron chi connectivity index (χ4n) is 5.99. The Labute approximate surface area is 298 Å². The zero-order valence-corrected chi connectivity index (χ0v) is 29.0. The lowest BCUT2D eigenvalue weighted by atomic mass is 9.91. The third-order valence-corrected chi connectivity index (χ3v) is 8.98. The van der Waals surface area contributed by atoms with E-state index < -0.39 is 23.4 Å². The molecule has 0 spiro atoms. The van der Waals surface area contributed by atoms with Crippen LogP contribution in [0.4, 0.5) is 24.5 Å². The number of piperidine rings is 1. The zero-order valence-electron chi connectivity index (χ0n) is 29.0. The topological polar surface area (TPSA) is 129 Å². The first kappa shape index (κ1) is 39.1. The third kappa shape index (κ3) is 13.1. The van der Waals surface area contributed by atoms with Crippen molar-refractivity contribution in [1.29, 1.82) is 0 Å². The second kappa shape index (κ2) is 19.6. The highest BCUT2D eigenvalue weighted by atomic mass is 19.4. The van der Waals surface area contributed by atoms with Gasteiger partial charge in [-0.15, -0.1) is 0 Å². The standard InChI is InChI=1S/C21H26N2O.C12H18N2.C7H4F3NO2/c1-2-4-16-6-8-18(9-7-16)21(24)23-20-12-10-17(11-13-20)19-5-3-14-22-15-19;13-12-5-3-10(4-6-12)1-2-11-7-8-14-9-11;8-7(9,10)4-1-2-5(6(12)13)11-3-4/h6-13,19,22H,2-5,14-15H2,1H3,(H,23,24);3-6,11,14H,1-2,7-9,13H2;1-3H,(H,12,13). The first-order valence-electron chi connectivity index (χ1n) is 17.5. The maximum atomic E-state index is 12.3. The summed E-state index contributed by atoms with van der Waals surface area (Å²) in [7, 11) is 0. The molecule has 1 aromatic heterocycles. The molecule has 2 saturated heterocycles. The minimum atomic E-state index is -4.48. The molecule has 2 unspecified atom stereocenters. The first-order chi connectivity index (χ1) is 24.5. The molecule has 0 radical (unpaired) electrons. The van der Waals surface area contributed by atoms with Crippen LogP contribution in [0.15, 0.2) is 91.1 Å². The average Bonchev–Trinajstić information content (AvgIpc) is 3.67. The van der Waals surface area contributed by atoms with Crippen molar-refractivity contribution in [2.24, 2.45) is 5.92 Å². The number of nitrogens with two attached hydrogens (primary N) is 1. The van der Waals surface area contributed by atoms with Crippen LogP contribution in [0.25, 0.3) is 0 Å². The number of rotatable bonds is 9. The summed E-state index contributed by atoms with van der Waals surface area (Å²) >= 11 is 0. The number of nitrogens with zero attached hydrogens (tertiary/aromatic N) is 1. The van der Waals surface area contributed by atoms with Gasteiger partial charge in [0, 0.05) is 29.7 Å². The molecule has 4 aromatic rings. The van der Waals surface area contributed by atoms with Gasteiger partial charge in [0.2, 0.25) is 0 Å². The molecule has 2 aliphatic heterocycles. The van der Waals surface area contributed by atoms with Gasteiger partial charge in [-0.25, -0.2) is 9.78 Å². The van der Waals surface area contributed by atoms with Crippen molar-refractivity contribution in [3.8, 4) is 0 Å². The second-order valence-electron chi connectivity index (χ2n) is 12.9. The molecule has 6 rings (SSSR count). The molecule has 3 aromatic carbocycles. The van der Waals surface area contributed by atoms with Gasteiger partial charge in [0.25, 0.3) is 5.91 Å². The number of alkyl halides is 3. The van der Waals surface area contributed by atoms with Gasteiger partial charge >= 0.3 is 12.1 Å². The Bertz CT molecular complexity index is 1630. The quantitative estimate of drug-likeness (QED) is 0.112. The molecule has 3 heterocycles. The molecule has 1 amide bonds. The van der Waals surface area contributed by atoms with Crippen molar-refractivity contribution in [3.05, 3.63) is 125 Å². The maximum absolute atomic E-state index is 12.3. The number of amides is 1. The van der Waals surface area contributed by atoms with Gasteiger partial charge in [-0.05, 0) is 135 Å². The molecule has 0 bridgehead atoms. The lowest BCUT2D eigenvalue weighted by Gasteiger charge is -2.23. The predicted octanol–water partition coefficient (Wildman–Crippen LogP) is 7.97. The van der Waals surface area contributed by atoms with E-state index in [0.717, 1.165) is 49.3 Å². The summed E-state index contributed by atoms with van der Waals surface area (Å²) in [6.45, 7) is 6.74. The normalized spacial score (nSPS) is 16.9. The van der Waals surface area contributed by atoms with E-state index in [1.54, 1.807) is 0 Å². The van der Waals surface area contributed by atoms with Gasteiger partial charge in [-0.1, -0.05) is 49.7 Å². The number of nitrogen functional groups attached to an aromatic ring is 1. The molecule has 2 fully saturated rings. The summed E-state index contributed by atoms with van der Waals surface area (Å²) in [4.78, 5) is 25.7. The van der Waals surface area contributed by atoms with Crippen LogP contribution in [-0.4, -0.2) is 48.1 Å². The Hall–Kier alpha value is -4.74. The zero-order chi connectivity index (χ0) is 36.6. The second-order valence-corrected chi connectivity index (χ2v) is 12.9. The number of carboxylic acid groups (broad SMARTS) is 1. The van der Waals surface area contributed by atoms with Crippen molar-refractivity contribution in [1.82, 2.24) is 15.6 Å². The van der Waals surface area contributed by atoms with Crippen LogP contribution in [0, 0.1) is 5.92 Å². The molecule has 272 valence electrons. The largest absolute Gasteiger partial charge is 0.477 e. The molecule has 6 N–H and O–H groups in total. The summed E-state index contributed by atoms with van der Waals surface area (Å²) in [6.07, 6.45) is 4.49. The smallest absolute Gasteiger partial charge is 0.417 e. The van der Waals surface area contributed by atoms with Crippen LogP contribution >= 0.6 is 0 Å². The van der Waals surface area contributed by atoms with Crippen molar-refractivity contribution in [2.75, 3.05) is 37.2 Å². The first-order valence-corrected chi connectivity index (χ1v) is 17.5. The minimum Gasteiger partial charge on any atom is -0.477 e. The fraction of sp³-hybridized carbons (Fsp3) is 0.375. The molecule has 0 saturated carbocycles. The number of carboxylic acids is 1. The number of pyridine rings is 1. The van der Waals surface area contributed by atoms with E-state index in [1.165, 1.54) is 61.9 Å². The minimum absolute atomic E-state index is 0.0508. The molecule has 11 heteroatoms. The highest BCUT2D eigenvalue weighted by molar-refractivity contribution is 6.04. The Morgan fingerprint density at radius 1 is 0.863 bits per heavy atom. The monoisotopic (exact) mass is 703 g/mol. The van der Waals surface area contributed by atoms with Gasteiger partial charge in [-0.2, -0.15) is 13.2 Å². The summed E-state index contributed by atoms with van der Waals surface area (Å²) in [6, 6.07) is 25.9. The SMILES string of the molecule is CCCc1ccc(C(=O)Nc2ccc(C3CCCNC3)cc2)cc1.Nc1ccc(CCC2CCNC2)cc1.O=C(O)c1ccc(C(F)(F)F)cn1. The summed E-state index contributed by atoms with van der Waals surface area (Å²) in [5.74, 6) is 0.0704. The summed E-state index contributed by atoms with van der Waals surface area (Å²) < 4.78 is 35.8. The number of benzene rings is 3. The fourth-order valence-corrected chi connectivity index (χ4v) is 5.99. The number of aryl methyl sites for hydroxylation is 2. The molecule has 0 aliphatic carbocycles. The van der Waals surface area contributed by atoms with E-state index >= 15 is 0 Å². The molecular weight excluding hydrogens is 655 g/mol. The summed E-state index contributed by atoms with van der Waals surface area (Å²) in [5.41, 5.74) is 10.7.